The number of imidazole rings is 1. The third kappa shape index (κ3) is 4.86. The second-order valence-electron chi connectivity index (χ2n) is 12.7. The minimum atomic E-state index is 0.704. The number of hydrogen-bond donors (Lipinski definition) is 0. The highest BCUT2D eigenvalue weighted by Crippen LogP contribution is 2.44. The van der Waals surface area contributed by atoms with E-state index in [9.17, 15) is 0 Å². The van der Waals surface area contributed by atoms with E-state index in [2.05, 4.69) is 126 Å². The van der Waals surface area contributed by atoms with Gasteiger partial charge in [-0.25, -0.2) is 15.0 Å². The summed E-state index contributed by atoms with van der Waals surface area (Å²) in [6, 6.07) is 56.8. The van der Waals surface area contributed by atoms with E-state index in [4.69, 9.17) is 19.9 Å². The normalized spacial score (nSPS) is 11.5. The number of aromatic nitrogens is 5. The first-order valence-corrected chi connectivity index (χ1v) is 17.1. The predicted molar refractivity (Wildman–Crippen MR) is 209 cm³/mol. The molecule has 0 bridgehead atoms. The summed E-state index contributed by atoms with van der Waals surface area (Å²) in [7, 11) is 0. The highest BCUT2D eigenvalue weighted by molar-refractivity contribution is 6.21. The van der Waals surface area contributed by atoms with E-state index in [1.165, 1.54) is 0 Å². The van der Waals surface area contributed by atoms with Crippen LogP contribution in [0.25, 0.3) is 94.3 Å². The van der Waals surface area contributed by atoms with Crippen LogP contribution in [0.3, 0.4) is 0 Å². The van der Waals surface area contributed by atoms with Gasteiger partial charge < -0.3 is 0 Å². The first kappa shape index (κ1) is 29.0. The van der Waals surface area contributed by atoms with Crippen molar-refractivity contribution in [1.29, 1.82) is 0 Å². The zero-order valence-corrected chi connectivity index (χ0v) is 27.5. The van der Waals surface area contributed by atoms with Gasteiger partial charge in [0.15, 0.2) is 5.82 Å². The van der Waals surface area contributed by atoms with E-state index in [1.54, 1.807) is 0 Å². The second kappa shape index (κ2) is 11.9. The van der Waals surface area contributed by atoms with Gasteiger partial charge in [0.2, 0.25) is 0 Å². The zero-order chi connectivity index (χ0) is 33.7. The molecule has 5 heteroatoms. The lowest BCUT2D eigenvalue weighted by atomic mass is 9.88. The Labute approximate surface area is 294 Å². The van der Waals surface area contributed by atoms with E-state index in [0.717, 1.165) is 88.5 Å². The molecule has 0 atom stereocenters. The number of benzene rings is 7. The molecule has 0 fully saturated rings. The van der Waals surface area contributed by atoms with Crippen LogP contribution >= 0.6 is 0 Å². The average molecular weight is 652 g/mol. The van der Waals surface area contributed by atoms with Crippen LogP contribution in [0.15, 0.2) is 176 Å². The largest absolute Gasteiger partial charge is 0.291 e. The first-order chi connectivity index (χ1) is 25.3. The highest BCUT2D eigenvalue weighted by Gasteiger charge is 2.21. The minimum Gasteiger partial charge on any atom is -0.291 e. The van der Waals surface area contributed by atoms with Crippen LogP contribution in [0, 0.1) is 0 Å². The van der Waals surface area contributed by atoms with Crippen LogP contribution in [0.5, 0.6) is 0 Å². The van der Waals surface area contributed by atoms with Crippen molar-refractivity contribution in [3.8, 4) is 50.8 Å². The molecule has 0 aliphatic carbocycles. The molecule has 5 nitrogen and oxygen atoms in total. The molecule has 3 aromatic heterocycles. The van der Waals surface area contributed by atoms with Gasteiger partial charge in [-0.2, -0.15) is 0 Å². The number of fused-ring (bicyclic) bond motifs is 4. The minimum absolute atomic E-state index is 0.704. The average Bonchev–Trinajstić information content (AvgIpc) is 3.60. The molecule has 7 aromatic carbocycles. The predicted octanol–water partition coefficient (Wildman–Crippen LogP) is 11.3. The van der Waals surface area contributed by atoms with Crippen molar-refractivity contribution >= 4 is 43.5 Å². The van der Waals surface area contributed by atoms with Gasteiger partial charge in [0.25, 0.3) is 0 Å². The van der Waals surface area contributed by atoms with E-state index < -0.39 is 0 Å². The zero-order valence-electron chi connectivity index (χ0n) is 27.5. The van der Waals surface area contributed by atoms with Gasteiger partial charge in [-0.1, -0.05) is 127 Å². The maximum absolute atomic E-state index is 5.19. The smallest absolute Gasteiger partial charge is 0.161 e. The lowest BCUT2D eigenvalue weighted by Gasteiger charge is -2.18. The summed E-state index contributed by atoms with van der Waals surface area (Å²) < 4.78 is 2.20. The van der Waals surface area contributed by atoms with Crippen molar-refractivity contribution in [3.05, 3.63) is 176 Å². The van der Waals surface area contributed by atoms with Crippen molar-refractivity contribution in [3.63, 3.8) is 0 Å². The van der Waals surface area contributed by atoms with Crippen LogP contribution in [0.1, 0.15) is 0 Å². The Morgan fingerprint density at radius 2 is 1.08 bits per heavy atom. The molecular weight excluding hydrogens is 623 g/mol. The molecule has 0 spiro atoms. The molecule has 0 unspecified atom stereocenters. The second-order valence-corrected chi connectivity index (χ2v) is 12.7. The van der Waals surface area contributed by atoms with E-state index in [1.807, 2.05) is 54.9 Å². The van der Waals surface area contributed by atoms with E-state index in [-0.39, 0.29) is 0 Å². The van der Waals surface area contributed by atoms with Gasteiger partial charge >= 0.3 is 0 Å². The Morgan fingerprint density at radius 3 is 1.86 bits per heavy atom. The van der Waals surface area contributed by atoms with Crippen LogP contribution in [-0.4, -0.2) is 24.5 Å². The molecule has 51 heavy (non-hydrogen) atoms. The fraction of sp³-hybridized carbons (Fsp3) is 0. The van der Waals surface area contributed by atoms with Crippen molar-refractivity contribution in [2.75, 3.05) is 0 Å². The van der Waals surface area contributed by atoms with Crippen LogP contribution < -0.4 is 0 Å². The lowest BCUT2D eigenvalue weighted by molar-refractivity contribution is 1.08. The van der Waals surface area contributed by atoms with E-state index in [0.29, 0.717) is 5.82 Å². The molecule has 0 aliphatic heterocycles. The van der Waals surface area contributed by atoms with Gasteiger partial charge in [0.05, 0.1) is 34.1 Å². The molecule has 0 N–H and O–H groups in total. The van der Waals surface area contributed by atoms with Crippen LogP contribution in [0.2, 0.25) is 0 Å². The molecule has 0 saturated carbocycles. The van der Waals surface area contributed by atoms with Crippen molar-refractivity contribution in [1.82, 2.24) is 24.5 Å². The molecule has 0 saturated heterocycles. The first-order valence-electron chi connectivity index (χ1n) is 17.1. The van der Waals surface area contributed by atoms with Gasteiger partial charge in [0.1, 0.15) is 5.82 Å². The summed E-state index contributed by atoms with van der Waals surface area (Å²) in [5, 5.41) is 5.37. The Balaban J connectivity index is 1.22. The Morgan fingerprint density at radius 1 is 0.412 bits per heavy atom. The molecule has 10 aromatic rings. The summed E-state index contributed by atoms with van der Waals surface area (Å²) in [4.78, 5) is 20.3. The van der Waals surface area contributed by atoms with Gasteiger partial charge in [-0.15, -0.1) is 0 Å². The topological polar surface area (TPSA) is 56.5 Å². The third-order valence-electron chi connectivity index (χ3n) is 9.70. The van der Waals surface area contributed by atoms with Gasteiger partial charge in [-0.05, 0) is 69.1 Å². The Hall–Kier alpha value is -6.98. The van der Waals surface area contributed by atoms with E-state index >= 15 is 0 Å². The number of hydrogen-bond acceptors (Lipinski definition) is 4. The SMILES string of the molecule is c1ccc(-c2ccc3c(-c4ccc(-n5c(-c6ccccc6)nc6ccccc65)cn4)c4ccccc4c(-c4ncc5ccccc5n4)c3c2)cc1. The summed E-state index contributed by atoms with van der Waals surface area (Å²) in [5.41, 5.74) is 10.2. The quantitative estimate of drug-likeness (QED) is 0.174. The maximum atomic E-state index is 5.19. The molecule has 10 rings (SSSR count). The summed E-state index contributed by atoms with van der Waals surface area (Å²) in [5.74, 6) is 1.59. The maximum Gasteiger partial charge on any atom is 0.161 e. The third-order valence-corrected chi connectivity index (χ3v) is 9.70. The number of nitrogens with zero attached hydrogens (tertiary/aromatic N) is 5. The molecule has 0 radical (unpaired) electrons. The van der Waals surface area contributed by atoms with Crippen LogP contribution in [0.4, 0.5) is 0 Å². The molecule has 3 heterocycles. The standard InChI is InChI=1S/C46H29N5/c1-3-13-30(14-4-1)32-23-25-37-38(27-32)44(45-48-28-33-17-7-10-20-39(33)49-45)36-19-9-8-18-35(36)43(37)41-26-24-34(29-47-41)51-42-22-12-11-21-40(42)50-46(51)31-15-5-2-6-16-31/h1-29H. The lowest BCUT2D eigenvalue weighted by Crippen LogP contribution is -1.99. The highest BCUT2D eigenvalue weighted by atomic mass is 15.1. The van der Waals surface area contributed by atoms with Crippen molar-refractivity contribution in [2.45, 2.75) is 0 Å². The molecule has 0 aliphatic rings. The number of para-hydroxylation sites is 3. The number of rotatable bonds is 5. The summed E-state index contributed by atoms with van der Waals surface area (Å²) >= 11 is 0. The summed E-state index contributed by atoms with van der Waals surface area (Å²) in [6.45, 7) is 0. The van der Waals surface area contributed by atoms with Crippen molar-refractivity contribution in [2.24, 2.45) is 0 Å². The molecule has 0 amide bonds. The fourth-order valence-electron chi connectivity index (χ4n) is 7.33. The molecular formula is C46H29N5. The fourth-order valence-corrected chi connectivity index (χ4v) is 7.33. The summed E-state index contributed by atoms with van der Waals surface area (Å²) in [6.07, 6.45) is 3.90. The van der Waals surface area contributed by atoms with Gasteiger partial charge in [-0.3, -0.25) is 9.55 Å². The number of pyridine rings is 1. The monoisotopic (exact) mass is 651 g/mol. The van der Waals surface area contributed by atoms with Gasteiger partial charge in [0, 0.05) is 28.3 Å². The Kier molecular flexibility index (Phi) is 6.74. The molecule has 238 valence electrons. The van der Waals surface area contributed by atoms with Crippen LogP contribution in [-0.2, 0) is 0 Å². The Bertz CT molecular complexity index is 2900. The van der Waals surface area contributed by atoms with Crippen molar-refractivity contribution < 1.29 is 0 Å².